The van der Waals surface area contributed by atoms with Crippen LogP contribution in [0.1, 0.15) is 6.92 Å². The van der Waals surface area contributed by atoms with Crippen LogP contribution in [-0.4, -0.2) is 27.2 Å². The third-order valence-electron chi connectivity index (χ3n) is 3.33. The Labute approximate surface area is 131 Å². The van der Waals surface area contributed by atoms with Crippen molar-refractivity contribution in [1.82, 2.24) is 9.78 Å². The first kappa shape index (κ1) is 14.4. The smallest absolute Gasteiger partial charge is 0.279 e. The third kappa shape index (κ3) is 2.39. The summed E-state index contributed by atoms with van der Waals surface area (Å²) in [5.41, 5.74) is -1.26. The number of hydrogen-bond acceptors (Lipinski definition) is 4. The topological polar surface area (TPSA) is 85.3 Å². The van der Waals surface area contributed by atoms with E-state index in [1.54, 1.807) is 37.5 Å². The lowest BCUT2D eigenvalue weighted by Crippen LogP contribution is -2.56. The van der Waals surface area contributed by atoms with Crippen molar-refractivity contribution in [3.8, 4) is 5.75 Å². The fourth-order valence-corrected chi connectivity index (χ4v) is 2.24. The summed E-state index contributed by atoms with van der Waals surface area (Å²) in [6, 6.07) is 6.40. The molecule has 0 radical (unpaired) electrons. The average Bonchev–Trinajstić information content (AvgIpc) is 2.86. The minimum atomic E-state index is -1.70. The SMILES string of the molecule is Cn1ccc(NC(=O)[C@]2(C)Oc3ccc(Cl)cc3NC2=O)n1. The van der Waals surface area contributed by atoms with Gasteiger partial charge in [0.2, 0.25) is 0 Å². The summed E-state index contributed by atoms with van der Waals surface area (Å²) in [5, 5.41) is 9.69. The Bertz CT molecular complexity index is 773. The Balaban J connectivity index is 1.87. The highest BCUT2D eigenvalue weighted by molar-refractivity contribution is 6.31. The number of benzene rings is 1. The highest BCUT2D eigenvalue weighted by atomic mass is 35.5. The normalized spacial score (nSPS) is 19.9. The van der Waals surface area contributed by atoms with Gasteiger partial charge in [0.25, 0.3) is 17.4 Å². The van der Waals surface area contributed by atoms with Gasteiger partial charge in [-0.1, -0.05) is 11.6 Å². The Morgan fingerprint density at radius 3 is 2.91 bits per heavy atom. The van der Waals surface area contributed by atoms with Crippen LogP contribution in [0.2, 0.25) is 5.02 Å². The van der Waals surface area contributed by atoms with Crippen LogP contribution in [0.15, 0.2) is 30.5 Å². The predicted octanol–water partition coefficient (Wildman–Crippen LogP) is 1.80. The molecule has 0 fully saturated rings. The van der Waals surface area contributed by atoms with E-state index in [2.05, 4.69) is 15.7 Å². The van der Waals surface area contributed by atoms with Gasteiger partial charge in [0, 0.05) is 24.3 Å². The number of hydrogen-bond donors (Lipinski definition) is 2. The molecule has 1 atom stereocenters. The summed E-state index contributed by atoms with van der Waals surface area (Å²) in [4.78, 5) is 24.7. The number of carbonyl (C=O) groups excluding carboxylic acids is 2. The molecule has 1 aromatic carbocycles. The molecule has 0 unspecified atom stereocenters. The average molecular weight is 321 g/mol. The Morgan fingerprint density at radius 2 is 2.23 bits per heavy atom. The van der Waals surface area contributed by atoms with Crippen molar-refractivity contribution in [2.75, 3.05) is 10.6 Å². The molecule has 0 saturated carbocycles. The van der Waals surface area contributed by atoms with Gasteiger partial charge in [-0.15, -0.1) is 0 Å². The number of amides is 2. The largest absolute Gasteiger partial charge is 0.466 e. The van der Waals surface area contributed by atoms with E-state index in [0.717, 1.165) is 0 Å². The Morgan fingerprint density at radius 1 is 1.45 bits per heavy atom. The number of aromatic nitrogens is 2. The summed E-state index contributed by atoms with van der Waals surface area (Å²) < 4.78 is 7.15. The van der Waals surface area contributed by atoms with Gasteiger partial charge in [0.15, 0.2) is 5.82 Å². The molecule has 0 spiro atoms. The quantitative estimate of drug-likeness (QED) is 0.826. The van der Waals surface area contributed by atoms with Crippen LogP contribution in [-0.2, 0) is 16.6 Å². The summed E-state index contributed by atoms with van der Waals surface area (Å²) >= 11 is 5.87. The Kier molecular flexibility index (Phi) is 3.29. The molecule has 2 amide bonds. The van der Waals surface area contributed by atoms with E-state index in [-0.39, 0.29) is 0 Å². The maximum Gasteiger partial charge on any atom is 0.279 e. The molecule has 2 heterocycles. The van der Waals surface area contributed by atoms with Crippen LogP contribution < -0.4 is 15.4 Å². The number of rotatable bonds is 2. The van der Waals surface area contributed by atoms with Gasteiger partial charge < -0.3 is 15.4 Å². The molecule has 1 aliphatic rings. The molecule has 0 aliphatic carbocycles. The van der Waals surface area contributed by atoms with Crippen molar-refractivity contribution in [3.63, 3.8) is 0 Å². The second kappa shape index (κ2) is 5.03. The molecule has 22 heavy (non-hydrogen) atoms. The summed E-state index contributed by atoms with van der Waals surface area (Å²) in [6.45, 7) is 1.40. The molecule has 2 N–H and O–H groups in total. The van der Waals surface area contributed by atoms with Gasteiger partial charge in [-0.3, -0.25) is 14.3 Å². The van der Waals surface area contributed by atoms with Gasteiger partial charge in [0.1, 0.15) is 5.75 Å². The number of fused-ring (bicyclic) bond motifs is 1. The van der Waals surface area contributed by atoms with Gasteiger partial charge in [-0.05, 0) is 25.1 Å². The molecule has 2 aromatic rings. The second-order valence-electron chi connectivity index (χ2n) is 5.06. The highest BCUT2D eigenvalue weighted by Gasteiger charge is 2.47. The molecule has 7 nitrogen and oxygen atoms in total. The lowest BCUT2D eigenvalue weighted by molar-refractivity contribution is -0.143. The van der Waals surface area contributed by atoms with Crippen molar-refractivity contribution in [2.24, 2.45) is 7.05 Å². The van der Waals surface area contributed by atoms with E-state index in [1.165, 1.54) is 11.6 Å². The second-order valence-corrected chi connectivity index (χ2v) is 5.50. The Hall–Kier alpha value is -2.54. The van der Waals surface area contributed by atoms with Crippen LogP contribution in [0, 0.1) is 0 Å². The number of nitrogens with one attached hydrogen (secondary N) is 2. The first-order valence-corrected chi connectivity index (χ1v) is 6.87. The van der Waals surface area contributed by atoms with E-state index in [0.29, 0.717) is 22.3 Å². The summed E-state index contributed by atoms with van der Waals surface area (Å²) in [7, 11) is 1.72. The zero-order valence-corrected chi connectivity index (χ0v) is 12.6. The maximum absolute atomic E-state index is 12.4. The van der Waals surface area contributed by atoms with Gasteiger partial charge in [-0.25, -0.2) is 0 Å². The minimum absolute atomic E-state index is 0.340. The van der Waals surface area contributed by atoms with E-state index in [4.69, 9.17) is 16.3 Å². The molecular formula is C14H13ClN4O3. The molecule has 1 aliphatic heterocycles. The maximum atomic E-state index is 12.4. The monoisotopic (exact) mass is 320 g/mol. The van der Waals surface area contributed by atoms with Crippen molar-refractivity contribution in [3.05, 3.63) is 35.5 Å². The predicted molar refractivity (Wildman–Crippen MR) is 81.0 cm³/mol. The fraction of sp³-hybridized carbons (Fsp3) is 0.214. The van der Waals surface area contributed by atoms with Crippen LogP contribution >= 0.6 is 11.6 Å². The molecule has 114 valence electrons. The molecule has 3 rings (SSSR count). The van der Waals surface area contributed by atoms with Crippen LogP contribution in [0.5, 0.6) is 5.75 Å². The summed E-state index contributed by atoms with van der Waals surface area (Å²) in [6.07, 6.45) is 1.68. The van der Waals surface area contributed by atoms with Gasteiger partial charge in [0.05, 0.1) is 5.69 Å². The molecule has 0 saturated heterocycles. The van der Waals surface area contributed by atoms with Crippen molar-refractivity contribution >= 4 is 34.9 Å². The molecule has 1 aromatic heterocycles. The zero-order valence-electron chi connectivity index (χ0n) is 11.9. The number of carbonyl (C=O) groups is 2. The van der Waals surface area contributed by atoms with Crippen molar-refractivity contribution in [2.45, 2.75) is 12.5 Å². The number of nitrogens with zero attached hydrogens (tertiary/aromatic N) is 2. The number of aryl methyl sites for hydroxylation is 1. The van der Waals surface area contributed by atoms with E-state index >= 15 is 0 Å². The van der Waals surface area contributed by atoms with E-state index in [9.17, 15) is 9.59 Å². The van der Waals surface area contributed by atoms with Gasteiger partial charge >= 0.3 is 0 Å². The fourth-order valence-electron chi connectivity index (χ4n) is 2.06. The van der Waals surface area contributed by atoms with Crippen LogP contribution in [0.4, 0.5) is 11.5 Å². The first-order chi connectivity index (χ1) is 10.4. The van der Waals surface area contributed by atoms with Crippen molar-refractivity contribution < 1.29 is 14.3 Å². The lowest BCUT2D eigenvalue weighted by Gasteiger charge is -2.33. The molecular weight excluding hydrogens is 308 g/mol. The number of ether oxygens (including phenoxy) is 1. The van der Waals surface area contributed by atoms with Crippen molar-refractivity contribution in [1.29, 1.82) is 0 Å². The number of anilines is 2. The number of halogens is 1. The molecule has 8 heteroatoms. The van der Waals surface area contributed by atoms with Crippen LogP contribution in [0.25, 0.3) is 0 Å². The lowest BCUT2D eigenvalue weighted by atomic mass is 10.0. The van der Waals surface area contributed by atoms with Crippen LogP contribution in [0.3, 0.4) is 0 Å². The zero-order chi connectivity index (χ0) is 15.9. The van der Waals surface area contributed by atoms with E-state index < -0.39 is 17.4 Å². The van der Waals surface area contributed by atoms with Gasteiger partial charge in [-0.2, -0.15) is 5.10 Å². The first-order valence-electron chi connectivity index (χ1n) is 6.49. The summed E-state index contributed by atoms with van der Waals surface area (Å²) in [5.74, 6) is -0.463. The minimum Gasteiger partial charge on any atom is -0.466 e. The highest BCUT2D eigenvalue weighted by Crippen LogP contribution is 2.35. The standard InChI is InChI=1S/C14H13ClN4O3/c1-14(13(21)17-11-5-6-19(2)18-11)12(20)16-9-7-8(15)3-4-10(9)22-14/h3-7H,1-2H3,(H,16,20)(H,17,18,21)/t14-/m1/s1. The van der Waals surface area contributed by atoms with E-state index in [1.807, 2.05) is 0 Å². The third-order valence-corrected chi connectivity index (χ3v) is 3.56. The molecule has 0 bridgehead atoms.